The average molecular weight is 484 g/mol. The van der Waals surface area contributed by atoms with E-state index in [0.717, 1.165) is 16.9 Å². The first kappa shape index (κ1) is 23.7. The number of benzene rings is 1. The molecular formula is C21H26ClN3O4S2. The van der Waals surface area contributed by atoms with Crippen LogP contribution in [-0.2, 0) is 26.0 Å². The number of sulfonamides is 1. The van der Waals surface area contributed by atoms with Gasteiger partial charge in [-0.2, -0.15) is 4.31 Å². The standard InChI is InChI=1S/C21H26ClN3O4S2/c1-15(2)20(23-18(26)14-16-6-4-3-5-7-16)21(27)24-10-12-25(13-11-24)31(28,29)19-9-8-17(22)30-19/h3-9,15,20H,10-14H2,1-2H3,(H,23,26). The lowest BCUT2D eigenvalue weighted by Gasteiger charge is -2.36. The molecule has 31 heavy (non-hydrogen) atoms. The normalized spacial score (nSPS) is 16.3. The molecule has 10 heteroatoms. The zero-order valence-corrected chi connectivity index (χ0v) is 19.8. The van der Waals surface area contributed by atoms with E-state index in [-0.39, 0.29) is 54.5 Å². The second-order valence-corrected chi connectivity index (χ2v) is 11.6. The maximum Gasteiger partial charge on any atom is 0.252 e. The number of carbonyl (C=O) groups excluding carboxylic acids is 2. The third-order valence-corrected chi connectivity index (χ3v) is 8.75. The summed E-state index contributed by atoms with van der Waals surface area (Å²) in [5.41, 5.74) is 0.877. The van der Waals surface area contributed by atoms with Crippen molar-refractivity contribution in [3.8, 4) is 0 Å². The van der Waals surface area contributed by atoms with Crippen LogP contribution >= 0.6 is 22.9 Å². The van der Waals surface area contributed by atoms with Crippen molar-refractivity contribution < 1.29 is 18.0 Å². The number of nitrogens with one attached hydrogen (secondary N) is 1. The van der Waals surface area contributed by atoms with Crippen molar-refractivity contribution in [2.45, 2.75) is 30.5 Å². The molecule has 0 aliphatic carbocycles. The van der Waals surface area contributed by atoms with Crippen LogP contribution in [0, 0.1) is 5.92 Å². The number of halogens is 1. The maximum absolute atomic E-state index is 13.1. The van der Waals surface area contributed by atoms with Crippen LogP contribution in [0.5, 0.6) is 0 Å². The van der Waals surface area contributed by atoms with Crippen molar-refractivity contribution in [2.24, 2.45) is 5.92 Å². The molecule has 1 atom stereocenters. The lowest BCUT2D eigenvalue weighted by molar-refractivity contribution is -0.138. The Balaban J connectivity index is 1.60. The van der Waals surface area contributed by atoms with Crippen molar-refractivity contribution >= 4 is 44.8 Å². The van der Waals surface area contributed by atoms with E-state index in [1.165, 1.54) is 10.4 Å². The SMILES string of the molecule is CC(C)C(NC(=O)Cc1ccccc1)C(=O)N1CCN(S(=O)(=O)c2ccc(Cl)s2)CC1. The largest absolute Gasteiger partial charge is 0.344 e. The van der Waals surface area contributed by atoms with Gasteiger partial charge in [0.1, 0.15) is 10.3 Å². The number of piperazine rings is 1. The highest BCUT2D eigenvalue weighted by atomic mass is 35.5. The number of hydrogen-bond acceptors (Lipinski definition) is 5. The summed E-state index contributed by atoms with van der Waals surface area (Å²) >= 11 is 6.89. The van der Waals surface area contributed by atoms with Gasteiger partial charge in [0.25, 0.3) is 10.0 Å². The van der Waals surface area contributed by atoms with Gasteiger partial charge in [-0.05, 0) is 23.6 Å². The molecule has 1 aliphatic rings. The third-order valence-electron chi connectivity index (χ3n) is 5.15. The van der Waals surface area contributed by atoms with E-state index in [4.69, 9.17) is 11.6 Å². The molecule has 0 bridgehead atoms. The predicted octanol–water partition coefficient (Wildman–Crippen LogP) is 2.62. The quantitative estimate of drug-likeness (QED) is 0.655. The van der Waals surface area contributed by atoms with Gasteiger partial charge in [0.2, 0.25) is 11.8 Å². The van der Waals surface area contributed by atoms with Crippen molar-refractivity contribution in [3.63, 3.8) is 0 Å². The molecule has 1 aliphatic heterocycles. The van der Waals surface area contributed by atoms with E-state index < -0.39 is 16.1 Å². The number of hydrogen-bond donors (Lipinski definition) is 1. The summed E-state index contributed by atoms with van der Waals surface area (Å²) in [7, 11) is -3.62. The molecule has 1 unspecified atom stereocenters. The number of carbonyl (C=O) groups is 2. The summed E-state index contributed by atoms with van der Waals surface area (Å²) in [6.45, 7) is 4.71. The highest BCUT2D eigenvalue weighted by molar-refractivity contribution is 7.91. The first-order valence-electron chi connectivity index (χ1n) is 10.1. The molecule has 1 aromatic heterocycles. The molecule has 7 nitrogen and oxygen atoms in total. The van der Waals surface area contributed by atoms with E-state index in [1.54, 1.807) is 11.0 Å². The van der Waals surface area contributed by atoms with Gasteiger partial charge in [-0.1, -0.05) is 55.8 Å². The molecule has 1 fully saturated rings. The van der Waals surface area contributed by atoms with Crippen LogP contribution in [0.25, 0.3) is 0 Å². The summed E-state index contributed by atoms with van der Waals surface area (Å²) in [4.78, 5) is 27.2. The molecule has 0 saturated carbocycles. The molecule has 168 valence electrons. The van der Waals surface area contributed by atoms with E-state index in [0.29, 0.717) is 4.34 Å². The highest BCUT2D eigenvalue weighted by Crippen LogP contribution is 2.28. The minimum absolute atomic E-state index is 0.0951. The summed E-state index contributed by atoms with van der Waals surface area (Å²) < 4.78 is 27.5. The molecule has 0 spiro atoms. The fraction of sp³-hybridized carbons (Fsp3) is 0.429. The Kier molecular flexibility index (Phi) is 7.74. The molecule has 0 radical (unpaired) electrons. The minimum Gasteiger partial charge on any atom is -0.344 e. The Morgan fingerprint density at radius 1 is 1.06 bits per heavy atom. The molecule has 1 saturated heterocycles. The van der Waals surface area contributed by atoms with Crippen molar-refractivity contribution in [1.82, 2.24) is 14.5 Å². The summed E-state index contributed by atoms with van der Waals surface area (Å²) in [6, 6.07) is 11.8. The fourth-order valence-corrected chi connectivity index (χ4v) is 6.49. The van der Waals surface area contributed by atoms with Gasteiger partial charge in [-0.15, -0.1) is 11.3 Å². The van der Waals surface area contributed by atoms with Crippen LogP contribution in [0.2, 0.25) is 4.34 Å². The Bertz CT molecular complexity index is 1020. The van der Waals surface area contributed by atoms with E-state index in [2.05, 4.69) is 5.32 Å². The Labute approximate surface area is 192 Å². The van der Waals surface area contributed by atoms with Gasteiger partial charge < -0.3 is 10.2 Å². The van der Waals surface area contributed by atoms with Gasteiger partial charge in [-0.25, -0.2) is 8.42 Å². The van der Waals surface area contributed by atoms with Gasteiger partial charge in [0.05, 0.1) is 10.8 Å². The first-order chi connectivity index (χ1) is 14.7. The molecular weight excluding hydrogens is 458 g/mol. The molecule has 1 N–H and O–H groups in total. The number of amides is 2. The second-order valence-electron chi connectivity index (χ2n) is 7.74. The van der Waals surface area contributed by atoms with E-state index in [9.17, 15) is 18.0 Å². The second kappa shape index (κ2) is 10.1. The zero-order chi connectivity index (χ0) is 22.6. The number of nitrogens with zero attached hydrogens (tertiary/aromatic N) is 2. The highest BCUT2D eigenvalue weighted by Gasteiger charge is 2.34. The van der Waals surface area contributed by atoms with E-state index >= 15 is 0 Å². The summed E-state index contributed by atoms with van der Waals surface area (Å²) in [5, 5.41) is 2.86. The van der Waals surface area contributed by atoms with Crippen molar-refractivity contribution in [2.75, 3.05) is 26.2 Å². The summed E-state index contributed by atoms with van der Waals surface area (Å²) in [6.07, 6.45) is 0.201. The topological polar surface area (TPSA) is 86.8 Å². The fourth-order valence-electron chi connectivity index (χ4n) is 3.43. The minimum atomic E-state index is -3.62. The van der Waals surface area contributed by atoms with Crippen LogP contribution in [0.15, 0.2) is 46.7 Å². The Morgan fingerprint density at radius 3 is 2.26 bits per heavy atom. The van der Waals surface area contributed by atoms with Crippen molar-refractivity contribution in [3.05, 3.63) is 52.4 Å². The van der Waals surface area contributed by atoms with Gasteiger partial charge in [0, 0.05) is 26.2 Å². The lowest BCUT2D eigenvalue weighted by Crippen LogP contribution is -2.57. The van der Waals surface area contributed by atoms with Gasteiger partial charge in [-0.3, -0.25) is 9.59 Å². The average Bonchev–Trinajstić information content (AvgIpc) is 3.19. The van der Waals surface area contributed by atoms with Crippen LogP contribution in [0.1, 0.15) is 19.4 Å². The van der Waals surface area contributed by atoms with Gasteiger partial charge >= 0.3 is 0 Å². The third kappa shape index (κ3) is 5.85. The predicted molar refractivity (Wildman–Crippen MR) is 122 cm³/mol. The van der Waals surface area contributed by atoms with E-state index in [1.807, 2.05) is 44.2 Å². The molecule has 2 amide bonds. The Hall–Kier alpha value is -1.94. The number of rotatable bonds is 7. The van der Waals surface area contributed by atoms with Crippen LogP contribution in [0.3, 0.4) is 0 Å². The molecule has 2 heterocycles. The van der Waals surface area contributed by atoms with Gasteiger partial charge in [0.15, 0.2) is 0 Å². The summed E-state index contributed by atoms with van der Waals surface area (Å²) in [5.74, 6) is -0.496. The van der Waals surface area contributed by atoms with Crippen molar-refractivity contribution in [1.29, 1.82) is 0 Å². The monoisotopic (exact) mass is 483 g/mol. The zero-order valence-electron chi connectivity index (χ0n) is 17.5. The maximum atomic E-state index is 13.1. The Morgan fingerprint density at radius 2 is 1.71 bits per heavy atom. The smallest absolute Gasteiger partial charge is 0.252 e. The molecule has 1 aromatic carbocycles. The first-order valence-corrected chi connectivity index (χ1v) is 12.7. The molecule has 2 aromatic rings. The van der Waals surface area contributed by atoms with Crippen LogP contribution in [-0.4, -0.2) is 61.7 Å². The number of thiophene rings is 1. The van der Waals surface area contributed by atoms with Crippen LogP contribution < -0.4 is 5.32 Å². The van der Waals surface area contributed by atoms with Crippen LogP contribution in [0.4, 0.5) is 0 Å². The molecule has 3 rings (SSSR count). The lowest BCUT2D eigenvalue weighted by atomic mass is 10.0.